The number of halogens is 1. The second kappa shape index (κ2) is 3.58. The molecular weight excluding hydrogens is 262 g/mol. The van der Waals surface area contributed by atoms with Crippen molar-refractivity contribution in [2.24, 2.45) is 0 Å². The maximum atomic E-state index is 10.8. The normalized spacial score (nSPS) is 10.5. The van der Waals surface area contributed by atoms with Crippen LogP contribution in [0, 0.1) is 0 Å². The Bertz CT molecular complexity index is 533. The molecule has 2 aromatic heterocycles. The van der Waals surface area contributed by atoms with Crippen molar-refractivity contribution < 1.29 is 14.6 Å². The van der Waals surface area contributed by atoms with Crippen LogP contribution in [0.4, 0.5) is 0 Å². The summed E-state index contributed by atoms with van der Waals surface area (Å²) < 4.78 is 7.62. The van der Waals surface area contributed by atoms with Crippen molar-refractivity contribution in [3.8, 4) is 5.75 Å². The van der Waals surface area contributed by atoms with E-state index in [0.717, 1.165) is 9.99 Å². The first kappa shape index (κ1) is 10.0. The number of aromatic carboxylic acids is 1. The highest BCUT2D eigenvalue weighted by Crippen LogP contribution is 2.26. The highest BCUT2D eigenvalue weighted by molar-refractivity contribution is 9.10. The molecule has 0 saturated heterocycles. The van der Waals surface area contributed by atoms with Crippen molar-refractivity contribution >= 4 is 27.4 Å². The third-order valence-electron chi connectivity index (χ3n) is 2.11. The Morgan fingerprint density at radius 2 is 2.20 bits per heavy atom. The third-order valence-corrected chi connectivity index (χ3v) is 2.73. The molecule has 0 aromatic carbocycles. The van der Waals surface area contributed by atoms with Gasteiger partial charge in [0.15, 0.2) is 0 Å². The number of aromatic nitrogens is 1. The number of carboxylic acid groups (broad SMARTS) is 1. The van der Waals surface area contributed by atoms with E-state index in [0.29, 0.717) is 5.75 Å². The molecule has 0 aliphatic carbocycles. The van der Waals surface area contributed by atoms with E-state index in [2.05, 4.69) is 15.9 Å². The molecule has 2 heterocycles. The van der Waals surface area contributed by atoms with Crippen LogP contribution < -0.4 is 4.74 Å². The Balaban J connectivity index is 2.66. The first-order chi connectivity index (χ1) is 7.11. The molecule has 0 fully saturated rings. The Labute approximate surface area is 94.2 Å². The minimum atomic E-state index is -0.936. The fourth-order valence-electron chi connectivity index (χ4n) is 1.38. The number of rotatable bonds is 2. The molecular formula is C10H8BrNO3. The zero-order chi connectivity index (χ0) is 11.0. The van der Waals surface area contributed by atoms with E-state index in [9.17, 15) is 4.79 Å². The lowest BCUT2D eigenvalue weighted by Crippen LogP contribution is -1.92. The number of pyridine rings is 1. The van der Waals surface area contributed by atoms with Crippen molar-refractivity contribution in [3.63, 3.8) is 0 Å². The van der Waals surface area contributed by atoms with E-state index >= 15 is 0 Å². The number of methoxy groups -OCH3 is 1. The quantitative estimate of drug-likeness (QED) is 0.911. The fourth-order valence-corrected chi connectivity index (χ4v) is 1.88. The molecule has 0 aliphatic rings. The van der Waals surface area contributed by atoms with Crippen LogP contribution >= 0.6 is 15.9 Å². The lowest BCUT2D eigenvalue weighted by molar-refractivity contribution is 0.0697. The number of nitrogens with zero attached hydrogens (tertiary/aromatic N) is 1. The monoisotopic (exact) mass is 269 g/mol. The Morgan fingerprint density at radius 3 is 2.80 bits per heavy atom. The largest absolute Gasteiger partial charge is 0.494 e. The van der Waals surface area contributed by atoms with Crippen LogP contribution in [0.25, 0.3) is 5.52 Å². The van der Waals surface area contributed by atoms with Crippen LogP contribution in [0.15, 0.2) is 29.0 Å². The lowest BCUT2D eigenvalue weighted by Gasteiger charge is -2.03. The number of hydrogen-bond donors (Lipinski definition) is 1. The second-order valence-corrected chi connectivity index (χ2v) is 3.91. The summed E-state index contributed by atoms with van der Waals surface area (Å²) in [6.45, 7) is 0. The van der Waals surface area contributed by atoms with E-state index < -0.39 is 5.97 Å². The number of carboxylic acids is 1. The van der Waals surface area contributed by atoms with Gasteiger partial charge in [-0.05, 0) is 28.1 Å². The number of ether oxygens (including phenoxy) is 1. The van der Waals surface area contributed by atoms with Gasteiger partial charge in [0, 0.05) is 11.7 Å². The maximum absolute atomic E-state index is 10.8. The van der Waals surface area contributed by atoms with Gasteiger partial charge in [-0.3, -0.25) is 0 Å². The van der Waals surface area contributed by atoms with Gasteiger partial charge in [-0.2, -0.15) is 0 Å². The zero-order valence-electron chi connectivity index (χ0n) is 7.90. The van der Waals surface area contributed by atoms with E-state index in [1.165, 1.54) is 0 Å². The lowest BCUT2D eigenvalue weighted by atomic mass is 10.3. The first-order valence-electron chi connectivity index (χ1n) is 4.20. The van der Waals surface area contributed by atoms with E-state index in [1.54, 1.807) is 30.0 Å². The van der Waals surface area contributed by atoms with E-state index in [1.807, 2.05) is 6.07 Å². The molecule has 5 heteroatoms. The van der Waals surface area contributed by atoms with E-state index in [4.69, 9.17) is 9.84 Å². The molecule has 0 amide bonds. The van der Waals surface area contributed by atoms with Crippen LogP contribution in [0.1, 0.15) is 10.4 Å². The SMILES string of the molecule is COc1cn2cc(C(=O)O)cc2cc1Br. The average molecular weight is 270 g/mol. The highest BCUT2D eigenvalue weighted by Gasteiger charge is 2.08. The molecule has 4 nitrogen and oxygen atoms in total. The Hall–Kier alpha value is -1.49. The predicted molar refractivity (Wildman–Crippen MR) is 58.6 cm³/mol. The van der Waals surface area contributed by atoms with Gasteiger partial charge in [-0.15, -0.1) is 0 Å². The van der Waals surface area contributed by atoms with Gasteiger partial charge < -0.3 is 14.2 Å². The van der Waals surface area contributed by atoms with Crippen molar-refractivity contribution in [2.75, 3.05) is 7.11 Å². The fraction of sp³-hybridized carbons (Fsp3) is 0.100. The van der Waals surface area contributed by atoms with Crippen molar-refractivity contribution in [2.45, 2.75) is 0 Å². The molecule has 0 aliphatic heterocycles. The predicted octanol–water partition coefficient (Wildman–Crippen LogP) is 2.41. The number of hydrogen-bond acceptors (Lipinski definition) is 2. The topological polar surface area (TPSA) is 50.9 Å². The van der Waals surface area contributed by atoms with Crippen LogP contribution in [0.3, 0.4) is 0 Å². The summed E-state index contributed by atoms with van der Waals surface area (Å²) in [7, 11) is 1.56. The minimum absolute atomic E-state index is 0.259. The summed E-state index contributed by atoms with van der Waals surface area (Å²) in [5.74, 6) is -0.274. The molecule has 0 saturated carbocycles. The van der Waals surface area contributed by atoms with Crippen molar-refractivity contribution in [1.29, 1.82) is 0 Å². The maximum Gasteiger partial charge on any atom is 0.337 e. The minimum Gasteiger partial charge on any atom is -0.494 e. The highest BCUT2D eigenvalue weighted by atomic mass is 79.9. The van der Waals surface area contributed by atoms with Crippen LogP contribution in [0.5, 0.6) is 5.75 Å². The van der Waals surface area contributed by atoms with Crippen LogP contribution in [-0.2, 0) is 0 Å². The standard InChI is InChI=1S/C10H8BrNO3/c1-15-9-5-12-4-6(10(13)14)2-7(12)3-8(9)11/h2-5H,1H3,(H,13,14). The van der Waals surface area contributed by atoms with Gasteiger partial charge in [0.2, 0.25) is 0 Å². The average Bonchev–Trinajstić information content (AvgIpc) is 2.59. The summed E-state index contributed by atoms with van der Waals surface area (Å²) in [4.78, 5) is 10.8. The molecule has 78 valence electrons. The number of carbonyl (C=O) groups is 1. The summed E-state index contributed by atoms with van der Waals surface area (Å²) in [5.41, 5.74) is 1.07. The number of fused-ring (bicyclic) bond motifs is 1. The zero-order valence-corrected chi connectivity index (χ0v) is 9.48. The van der Waals surface area contributed by atoms with E-state index in [-0.39, 0.29) is 5.56 Å². The summed E-state index contributed by atoms with van der Waals surface area (Å²) >= 11 is 3.34. The second-order valence-electron chi connectivity index (χ2n) is 3.06. The van der Waals surface area contributed by atoms with Crippen LogP contribution in [-0.4, -0.2) is 22.6 Å². The van der Waals surface area contributed by atoms with Crippen molar-refractivity contribution in [3.05, 3.63) is 34.6 Å². The van der Waals surface area contributed by atoms with Gasteiger partial charge in [-0.1, -0.05) is 0 Å². The molecule has 0 unspecified atom stereocenters. The summed E-state index contributed by atoms with van der Waals surface area (Å²) in [5, 5.41) is 8.83. The van der Waals surface area contributed by atoms with Crippen molar-refractivity contribution in [1.82, 2.24) is 4.40 Å². The summed E-state index contributed by atoms with van der Waals surface area (Å²) in [6.07, 6.45) is 3.28. The molecule has 2 rings (SSSR count). The van der Waals surface area contributed by atoms with Crippen LogP contribution in [0.2, 0.25) is 0 Å². The first-order valence-corrected chi connectivity index (χ1v) is 4.99. The summed E-state index contributed by atoms with van der Waals surface area (Å²) in [6, 6.07) is 3.41. The molecule has 2 aromatic rings. The molecule has 15 heavy (non-hydrogen) atoms. The molecule has 0 bridgehead atoms. The molecule has 0 radical (unpaired) electrons. The van der Waals surface area contributed by atoms with Gasteiger partial charge in [-0.25, -0.2) is 4.79 Å². The Kier molecular flexibility index (Phi) is 2.40. The van der Waals surface area contributed by atoms with Gasteiger partial charge in [0.1, 0.15) is 5.75 Å². The third kappa shape index (κ3) is 1.70. The molecule has 0 atom stereocenters. The molecule has 0 spiro atoms. The van der Waals surface area contributed by atoms with Gasteiger partial charge in [0.05, 0.1) is 23.3 Å². The van der Waals surface area contributed by atoms with Gasteiger partial charge >= 0.3 is 5.97 Å². The van der Waals surface area contributed by atoms with Gasteiger partial charge in [0.25, 0.3) is 0 Å². The molecule has 1 N–H and O–H groups in total. The Morgan fingerprint density at radius 1 is 1.47 bits per heavy atom. The smallest absolute Gasteiger partial charge is 0.337 e.